The molecule has 4 heteroatoms. The average molecular weight is 463 g/mol. The van der Waals surface area contributed by atoms with Gasteiger partial charge in [-0.1, -0.05) is 79.1 Å². The third-order valence-corrected chi connectivity index (χ3v) is 6.92. The number of hydrogen-bond donors (Lipinski definition) is 1. The SMILES string of the molecule is CCCCCC(CC)COCCN(CCOCC(CC)CCCCC)c1ccc(N)c(C)c1. The van der Waals surface area contributed by atoms with Crippen LogP contribution in [0.2, 0.25) is 0 Å². The molecule has 4 nitrogen and oxygen atoms in total. The molecule has 0 aliphatic carbocycles. The van der Waals surface area contributed by atoms with Gasteiger partial charge < -0.3 is 20.1 Å². The fourth-order valence-electron chi connectivity index (χ4n) is 4.25. The standard InChI is InChI=1S/C29H54N2O2/c1-6-10-12-14-26(8-3)23-32-20-18-31(28-16-17-29(30)25(5)22-28)19-21-33-24-27(9-4)15-13-11-7-2/h16-17,22,26-27H,6-15,18-21,23-24,30H2,1-5H3. The molecule has 0 saturated carbocycles. The highest BCUT2D eigenvalue weighted by Gasteiger charge is 2.11. The summed E-state index contributed by atoms with van der Waals surface area (Å²) in [5.74, 6) is 1.37. The smallest absolute Gasteiger partial charge is 0.0641 e. The van der Waals surface area contributed by atoms with Crippen molar-refractivity contribution in [1.29, 1.82) is 0 Å². The van der Waals surface area contributed by atoms with Gasteiger partial charge in [0, 0.05) is 37.7 Å². The number of hydrogen-bond acceptors (Lipinski definition) is 4. The molecule has 0 saturated heterocycles. The largest absolute Gasteiger partial charge is 0.399 e. The number of benzene rings is 1. The maximum atomic E-state index is 6.13. The Morgan fingerprint density at radius 2 is 1.30 bits per heavy atom. The van der Waals surface area contributed by atoms with Gasteiger partial charge in [-0.2, -0.15) is 0 Å². The first-order valence-electron chi connectivity index (χ1n) is 13.8. The highest BCUT2D eigenvalue weighted by molar-refractivity contribution is 5.58. The minimum Gasteiger partial charge on any atom is -0.399 e. The van der Waals surface area contributed by atoms with Gasteiger partial charge in [0.25, 0.3) is 0 Å². The Balaban J connectivity index is 2.52. The Kier molecular flexibility index (Phi) is 17.2. The zero-order valence-electron chi connectivity index (χ0n) is 22.5. The fraction of sp³-hybridized carbons (Fsp3) is 0.793. The third-order valence-electron chi connectivity index (χ3n) is 6.92. The van der Waals surface area contributed by atoms with Crippen LogP contribution in [0.4, 0.5) is 11.4 Å². The van der Waals surface area contributed by atoms with Gasteiger partial charge in [0.1, 0.15) is 0 Å². The molecule has 1 rings (SSSR count). The molecular weight excluding hydrogens is 408 g/mol. The molecule has 2 N–H and O–H groups in total. The van der Waals surface area contributed by atoms with E-state index in [0.717, 1.165) is 50.8 Å². The van der Waals surface area contributed by atoms with Gasteiger partial charge in [-0.05, 0) is 55.4 Å². The van der Waals surface area contributed by atoms with Crippen molar-refractivity contribution < 1.29 is 9.47 Å². The number of nitrogen functional groups attached to an aromatic ring is 1. The van der Waals surface area contributed by atoms with Crippen LogP contribution in [0.3, 0.4) is 0 Å². The lowest BCUT2D eigenvalue weighted by Crippen LogP contribution is -2.32. The van der Waals surface area contributed by atoms with E-state index in [-0.39, 0.29) is 0 Å². The van der Waals surface area contributed by atoms with E-state index >= 15 is 0 Å². The van der Waals surface area contributed by atoms with Gasteiger partial charge in [-0.3, -0.25) is 0 Å². The summed E-state index contributed by atoms with van der Waals surface area (Å²) in [5, 5.41) is 0. The van der Waals surface area contributed by atoms with Crippen molar-refractivity contribution in [2.24, 2.45) is 11.8 Å². The van der Waals surface area contributed by atoms with Gasteiger partial charge in [-0.15, -0.1) is 0 Å². The van der Waals surface area contributed by atoms with E-state index in [2.05, 4.69) is 51.7 Å². The number of nitrogens with zero attached hydrogens (tertiary/aromatic N) is 1. The first kappa shape index (κ1) is 29.8. The molecular formula is C29H54N2O2. The van der Waals surface area contributed by atoms with E-state index in [4.69, 9.17) is 15.2 Å². The third kappa shape index (κ3) is 13.3. The van der Waals surface area contributed by atoms with E-state index in [1.165, 1.54) is 69.9 Å². The zero-order chi connectivity index (χ0) is 24.3. The molecule has 0 aliphatic rings. The minimum absolute atomic E-state index is 0.686. The molecule has 2 unspecified atom stereocenters. The molecule has 0 heterocycles. The van der Waals surface area contributed by atoms with Crippen molar-refractivity contribution in [1.82, 2.24) is 0 Å². The molecule has 192 valence electrons. The molecule has 0 bridgehead atoms. The minimum atomic E-state index is 0.686. The first-order valence-corrected chi connectivity index (χ1v) is 13.8. The van der Waals surface area contributed by atoms with Gasteiger partial charge in [0.2, 0.25) is 0 Å². The van der Waals surface area contributed by atoms with E-state index in [9.17, 15) is 0 Å². The quantitative estimate of drug-likeness (QED) is 0.151. The Morgan fingerprint density at radius 3 is 1.73 bits per heavy atom. The Bertz CT molecular complexity index is 567. The lowest BCUT2D eigenvalue weighted by atomic mass is 10.00. The summed E-state index contributed by atoms with van der Waals surface area (Å²) in [6, 6.07) is 6.33. The topological polar surface area (TPSA) is 47.7 Å². The van der Waals surface area contributed by atoms with Crippen LogP contribution in [-0.2, 0) is 9.47 Å². The molecule has 1 aromatic carbocycles. The Hall–Kier alpha value is -1.26. The number of unbranched alkanes of at least 4 members (excludes halogenated alkanes) is 4. The number of rotatable bonds is 21. The van der Waals surface area contributed by atoms with Crippen LogP contribution in [0.25, 0.3) is 0 Å². The Labute approximate surface area is 205 Å². The van der Waals surface area contributed by atoms with Gasteiger partial charge >= 0.3 is 0 Å². The van der Waals surface area contributed by atoms with Crippen LogP contribution in [0.15, 0.2) is 18.2 Å². The van der Waals surface area contributed by atoms with Crippen molar-refractivity contribution in [2.45, 2.75) is 98.8 Å². The second-order valence-electron chi connectivity index (χ2n) is 9.72. The summed E-state index contributed by atoms with van der Waals surface area (Å²) in [4.78, 5) is 2.39. The second kappa shape index (κ2) is 19.1. The summed E-state index contributed by atoms with van der Waals surface area (Å²) >= 11 is 0. The van der Waals surface area contributed by atoms with Crippen LogP contribution in [0.5, 0.6) is 0 Å². The summed E-state index contributed by atoms with van der Waals surface area (Å²) in [6.07, 6.45) is 12.9. The van der Waals surface area contributed by atoms with Crippen LogP contribution in [0.1, 0.15) is 97.5 Å². The van der Waals surface area contributed by atoms with E-state index < -0.39 is 0 Å². The maximum Gasteiger partial charge on any atom is 0.0641 e. The normalized spacial score (nSPS) is 13.2. The predicted octanol–water partition coefficient (Wildman–Crippen LogP) is 7.63. The van der Waals surface area contributed by atoms with Crippen molar-refractivity contribution >= 4 is 11.4 Å². The number of anilines is 2. The molecule has 0 spiro atoms. The van der Waals surface area contributed by atoms with Crippen LogP contribution in [-0.4, -0.2) is 39.5 Å². The predicted molar refractivity (Wildman–Crippen MR) is 145 cm³/mol. The summed E-state index contributed by atoms with van der Waals surface area (Å²) in [5.41, 5.74) is 9.25. The molecule has 0 aromatic heterocycles. The molecule has 1 aromatic rings. The van der Waals surface area contributed by atoms with E-state index in [0.29, 0.717) is 11.8 Å². The fourth-order valence-corrected chi connectivity index (χ4v) is 4.25. The van der Waals surface area contributed by atoms with Crippen LogP contribution in [0, 0.1) is 18.8 Å². The second-order valence-corrected chi connectivity index (χ2v) is 9.72. The number of aryl methyl sites for hydroxylation is 1. The van der Waals surface area contributed by atoms with Crippen molar-refractivity contribution in [3.8, 4) is 0 Å². The summed E-state index contributed by atoms with van der Waals surface area (Å²) in [7, 11) is 0. The zero-order valence-corrected chi connectivity index (χ0v) is 22.5. The molecule has 0 amide bonds. The molecule has 0 fully saturated rings. The first-order chi connectivity index (χ1) is 16.0. The van der Waals surface area contributed by atoms with Gasteiger partial charge in [0.15, 0.2) is 0 Å². The highest BCUT2D eigenvalue weighted by Crippen LogP contribution is 2.21. The summed E-state index contributed by atoms with van der Waals surface area (Å²) < 4.78 is 12.3. The van der Waals surface area contributed by atoms with Gasteiger partial charge in [-0.25, -0.2) is 0 Å². The monoisotopic (exact) mass is 462 g/mol. The number of nitrogens with two attached hydrogens (primary N) is 1. The van der Waals surface area contributed by atoms with Crippen molar-refractivity contribution in [3.05, 3.63) is 23.8 Å². The highest BCUT2D eigenvalue weighted by atomic mass is 16.5. The van der Waals surface area contributed by atoms with Crippen molar-refractivity contribution in [3.63, 3.8) is 0 Å². The van der Waals surface area contributed by atoms with E-state index in [1.54, 1.807) is 0 Å². The van der Waals surface area contributed by atoms with Crippen LogP contribution >= 0.6 is 0 Å². The van der Waals surface area contributed by atoms with Crippen LogP contribution < -0.4 is 10.6 Å². The number of ether oxygens (including phenoxy) is 2. The Morgan fingerprint density at radius 1 is 0.788 bits per heavy atom. The molecule has 33 heavy (non-hydrogen) atoms. The van der Waals surface area contributed by atoms with Crippen molar-refractivity contribution in [2.75, 3.05) is 50.2 Å². The summed E-state index contributed by atoms with van der Waals surface area (Å²) in [6.45, 7) is 16.2. The molecule has 0 aliphatic heterocycles. The average Bonchev–Trinajstić information content (AvgIpc) is 2.82. The molecule has 0 radical (unpaired) electrons. The molecule has 2 atom stereocenters. The lowest BCUT2D eigenvalue weighted by Gasteiger charge is -2.26. The van der Waals surface area contributed by atoms with E-state index in [1.807, 2.05) is 6.07 Å². The lowest BCUT2D eigenvalue weighted by molar-refractivity contribution is 0.0894. The maximum absolute atomic E-state index is 6.13. The van der Waals surface area contributed by atoms with Gasteiger partial charge in [0.05, 0.1) is 13.2 Å².